The zero-order valence-corrected chi connectivity index (χ0v) is 11.6. The highest BCUT2D eigenvalue weighted by Gasteiger charge is 2.02. The first kappa shape index (κ1) is 13.0. The number of para-hydroxylation sites is 1. The van der Waals surface area contributed by atoms with Crippen molar-refractivity contribution in [3.8, 4) is 0 Å². The molecule has 0 spiro atoms. The molecule has 3 rings (SSSR count). The number of halogens is 2. The molecule has 0 radical (unpaired) electrons. The van der Waals surface area contributed by atoms with Crippen LogP contribution >= 0.6 is 11.6 Å². The van der Waals surface area contributed by atoms with Crippen LogP contribution in [0.1, 0.15) is 0 Å². The number of benzene rings is 2. The molecule has 0 saturated carbocycles. The van der Waals surface area contributed by atoms with Crippen LogP contribution in [0.25, 0.3) is 10.9 Å². The van der Waals surface area contributed by atoms with Crippen LogP contribution in [0.5, 0.6) is 0 Å². The van der Waals surface area contributed by atoms with E-state index in [1.165, 1.54) is 6.07 Å². The molecule has 0 saturated heterocycles. The maximum absolute atomic E-state index is 13.5. The van der Waals surface area contributed by atoms with E-state index in [1.54, 1.807) is 12.1 Å². The number of nitrogens with one attached hydrogen (secondary N) is 1. The standard InChI is InChI=1S/C16H14ClFN2/c17-13-5-6-16-12(11-13)7-9-20(16)10-8-19-15-4-2-1-3-14(15)18/h1-7,9,11,19H,8,10H2. The summed E-state index contributed by atoms with van der Waals surface area (Å²) in [6, 6.07) is 14.5. The van der Waals surface area contributed by atoms with Crippen LogP contribution in [0.3, 0.4) is 0 Å². The lowest BCUT2D eigenvalue weighted by atomic mass is 10.2. The number of rotatable bonds is 4. The third-order valence-corrected chi connectivity index (χ3v) is 3.51. The molecule has 1 N–H and O–H groups in total. The minimum absolute atomic E-state index is 0.225. The number of anilines is 1. The molecule has 0 aliphatic rings. The Balaban J connectivity index is 1.70. The molecule has 0 atom stereocenters. The third kappa shape index (κ3) is 2.63. The molecule has 0 amide bonds. The first-order chi connectivity index (χ1) is 9.74. The van der Waals surface area contributed by atoms with Gasteiger partial charge in [0, 0.05) is 35.2 Å². The van der Waals surface area contributed by atoms with Gasteiger partial charge < -0.3 is 9.88 Å². The molecule has 0 aliphatic carbocycles. The van der Waals surface area contributed by atoms with E-state index in [2.05, 4.69) is 9.88 Å². The van der Waals surface area contributed by atoms with Gasteiger partial charge in [-0.2, -0.15) is 0 Å². The number of fused-ring (bicyclic) bond motifs is 1. The van der Waals surface area contributed by atoms with Gasteiger partial charge in [0.25, 0.3) is 0 Å². The molecule has 102 valence electrons. The summed E-state index contributed by atoms with van der Waals surface area (Å²) in [5.41, 5.74) is 1.66. The van der Waals surface area contributed by atoms with Gasteiger partial charge >= 0.3 is 0 Å². The molecule has 0 fully saturated rings. The fourth-order valence-corrected chi connectivity index (χ4v) is 2.46. The van der Waals surface area contributed by atoms with E-state index >= 15 is 0 Å². The van der Waals surface area contributed by atoms with Crippen LogP contribution in [-0.4, -0.2) is 11.1 Å². The van der Waals surface area contributed by atoms with Crippen molar-refractivity contribution in [2.24, 2.45) is 0 Å². The second-order valence-electron chi connectivity index (χ2n) is 4.62. The van der Waals surface area contributed by atoms with Gasteiger partial charge in [-0.1, -0.05) is 23.7 Å². The lowest BCUT2D eigenvalue weighted by molar-refractivity contribution is 0.628. The fraction of sp³-hybridized carbons (Fsp3) is 0.125. The lowest BCUT2D eigenvalue weighted by Gasteiger charge is -2.09. The van der Waals surface area contributed by atoms with Gasteiger partial charge in [0.05, 0.1) is 5.69 Å². The smallest absolute Gasteiger partial charge is 0.146 e. The summed E-state index contributed by atoms with van der Waals surface area (Å²) >= 11 is 5.97. The Morgan fingerprint density at radius 1 is 1.10 bits per heavy atom. The molecule has 1 heterocycles. The second kappa shape index (κ2) is 5.55. The molecule has 3 aromatic rings. The van der Waals surface area contributed by atoms with Crippen molar-refractivity contribution >= 4 is 28.2 Å². The van der Waals surface area contributed by atoms with E-state index in [1.807, 2.05) is 36.5 Å². The van der Waals surface area contributed by atoms with Crippen molar-refractivity contribution in [1.29, 1.82) is 0 Å². The highest BCUT2D eigenvalue weighted by molar-refractivity contribution is 6.31. The summed E-state index contributed by atoms with van der Waals surface area (Å²) in [6.07, 6.45) is 2.02. The summed E-state index contributed by atoms with van der Waals surface area (Å²) in [7, 11) is 0. The maximum atomic E-state index is 13.5. The monoisotopic (exact) mass is 288 g/mol. The van der Waals surface area contributed by atoms with E-state index in [0.717, 1.165) is 22.5 Å². The topological polar surface area (TPSA) is 17.0 Å². The molecular weight excluding hydrogens is 275 g/mol. The zero-order valence-electron chi connectivity index (χ0n) is 10.8. The van der Waals surface area contributed by atoms with E-state index in [-0.39, 0.29) is 5.82 Å². The van der Waals surface area contributed by atoms with Crippen LogP contribution in [0, 0.1) is 5.82 Å². The fourth-order valence-electron chi connectivity index (χ4n) is 2.28. The summed E-state index contributed by atoms with van der Waals surface area (Å²) in [6.45, 7) is 1.42. The van der Waals surface area contributed by atoms with Gasteiger partial charge in [-0.25, -0.2) is 4.39 Å². The summed E-state index contributed by atoms with van der Waals surface area (Å²) in [4.78, 5) is 0. The Kier molecular flexibility index (Phi) is 3.61. The molecule has 0 bridgehead atoms. The average Bonchev–Trinajstić information content (AvgIpc) is 2.83. The van der Waals surface area contributed by atoms with Gasteiger partial charge in [-0.05, 0) is 36.4 Å². The molecular formula is C16H14ClFN2. The largest absolute Gasteiger partial charge is 0.381 e. The van der Waals surface area contributed by atoms with Crippen molar-refractivity contribution in [1.82, 2.24) is 4.57 Å². The number of hydrogen-bond acceptors (Lipinski definition) is 1. The van der Waals surface area contributed by atoms with E-state index in [4.69, 9.17) is 11.6 Å². The highest BCUT2D eigenvalue weighted by Crippen LogP contribution is 2.20. The second-order valence-corrected chi connectivity index (χ2v) is 5.06. The molecule has 0 aliphatic heterocycles. The van der Waals surface area contributed by atoms with Gasteiger partial charge in [0.1, 0.15) is 5.82 Å². The summed E-state index contributed by atoms with van der Waals surface area (Å²) < 4.78 is 15.6. The normalized spacial score (nSPS) is 10.9. The molecule has 1 aromatic heterocycles. The summed E-state index contributed by atoms with van der Waals surface area (Å²) in [5.74, 6) is -0.225. The lowest BCUT2D eigenvalue weighted by Crippen LogP contribution is -2.10. The highest BCUT2D eigenvalue weighted by atomic mass is 35.5. The molecule has 0 unspecified atom stereocenters. The van der Waals surface area contributed by atoms with Gasteiger partial charge in [0.15, 0.2) is 0 Å². The van der Waals surface area contributed by atoms with Gasteiger partial charge in [0.2, 0.25) is 0 Å². The van der Waals surface area contributed by atoms with Crippen LogP contribution in [0.15, 0.2) is 54.7 Å². The Labute approximate surface area is 121 Å². The first-order valence-electron chi connectivity index (χ1n) is 6.47. The van der Waals surface area contributed by atoms with E-state index in [0.29, 0.717) is 12.2 Å². The Hall–Kier alpha value is -2.00. The molecule has 2 nitrogen and oxygen atoms in total. The zero-order chi connectivity index (χ0) is 13.9. The quantitative estimate of drug-likeness (QED) is 0.745. The van der Waals surface area contributed by atoms with Crippen molar-refractivity contribution in [2.45, 2.75) is 6.54 Å². The SMILES string of the molecule is Fc1ccccc1NCCn1ccc2cc(Cl)ccc21. The molecule has 2 aromatic carbocycles. The third-order valence-electron chi connectivity index (χ3n) is 3.28. The van der Waals surface area contributed by atoms with Crippen molar-refractivity contribution in [3.63, 3.8) is 0 Å². The molecule has 4 heteroatoms. The minimum atomic E-state index is -0.225. The van der Waals surface area contributed by atoms with E-state index in [9.17, 15) is 4.39 Å². The van der Waals surface area contributed by atoms with Crippen LogP contribution in [-0.2, 0) is 6.54 Å². The Bertz CT molecular complexity index is 736. The van der Waals surface area contributed by atoms with Crippen LogP contribution < -0.4 is 5.32 Å². The summed E-state index contributed by atoms with van der Waals surface area (Å²) in [5, 5.41) is 4.96. The predicted octanol–water partition coefficient (Wildman–Crippen LogP) is 4.55. The predicted molar refractivity (Wildman–Crippen MR) is 81.8 cm³/mol. The average molecular weight is 289 g/mol. The Morgan fingerprint density at radius 3 is 2.80 bits per heavy atom. The minimum Gasteiger partial charge on any atom is -0.381 e. The van der Waals surface area contributed by atoms with E-state index < -0.39 is 0 Å². The number of aromatic nitrogens is 1. The number of hydrogen-bond donors (Lipinski definition) is 1. The number of nitrogens with zero attached hydrogens (tertiary/aromatic N) is 1. The van der Waals surface area contributed by atoms with Gasteiger partial charge in [-0.3, -0.25) is 0 Å². The first-order valence-corrected chi connectivity index (χ1v) is 6.84. The van der Waals surface area contributed by atoms with Crippen molar-refractivity contribution < 1.29 is 4.39 Å². The van der Waals surface area contributed by atoms with Crippen LogP contribution in [0.2, 0.25) is 5.02 Å². The van der Waals surface area contributed by atoms with Crippen molar-refractivity contribution in [3.05, 3.63) is 65.6 Å². The van der Waals surface area contributed by atoms with Gasteiger partial charge in [-0.15, -0.1) is 0 Å². The molecule has 20 heavy (non-hydrogen) atoms. The van der Waals surface area contributed by atoms with Crippen molar-refractivity contribution in [2.75, 3.05) is 11.9 Å². The Morgan fingerprint density at radius 2 is 1.95 bits per heavy atom. The van der Waals surface area contributed by atoms with Crippen LogP contribution in [0.4, 0.5) is 10.1 Å². The maximum Gasteiger partial charge on any atom is 0.146 e.